The van der Waals surface area contributed by atoms with Crippen molar-refractivity contribution in [3.8, 4) is 0 Å². The lowest BCUT2D eigenvalue weighted by Crippen LogP contribution is -2.43. The molecule has 1 heterocycles. The van der Waals surface area contributed by atoms with Crippen molar-refractivity contribution in [1.82, 2.24) is 4.31 Å². The van der Waals surface area contributed by atoms with Crippen molar-refractivity contribution in [1.29, 1.82) is 0 Å². The van der Waals surface area contributed by atoms with Crippen LogP contribution in [0.4, 0.5) is 10.1 Å². The summed E-state index contributed by atoms with van der Waals surface area (Å²) in [4.78, 5) is 12.1. The molecule has 1 aliphatic rings. The van der Waals surface area contributed by atoms with E-state index < -0.39 is 26.6 Å². The maximum atomic E-state index is 14.5. The summed E-state index contributed by atoms with van der Waals surface area (Å²) in [6, 6.07) is 7.68. The van der Waals surface area contributed by atoms with Crippen LogP contribution in [0.25, 0.3) is 0 Å². The molecule has 0 unspecified atom stereocenters. The van der Waals surface area contributed by atoms with Gasteiger partial charge in [-0.3, -0.25) is 4.79 Å². The van der Waals surface area contributed by atoms with Gasteiger partial charge in [-0.2, -0.15) is 4.31 Å². The molecule has 1 fully saturated rings. The summed E-state index contributed by atoms with van der Waals surface area (Å²) in [5.74, 6) is -1.47. The zero-order valence-electron chi connectivity index (χ0n) is 15.8. The van der Waals surface area contributed by atoms with E-state index in [0.29, 0.717) is 28.7 Å². The van der Waals surface area contributed by atoms with Crippen LogP contribution in [0.15, 0.2) is 41.3 Å². The van der Waals surface area contributed by atoms with Gasteiger partial charge in [0.2, 0.25) is 10.0 Å². The predicted octanol–water partition coefficient (Wildman–Crippen LogP) is 5.34. The molecule has 1 atom stereocenters. The molecule has 9 heteroatoms. The number of halogens is 3. The number of nitrogens with zero attached hydrogens (tertiary/aromatic N) is 1. The second kappa shape index (κ2) is 9.00. The van der Waals surface area contributed by atoms with E-state index >= 15 is 0 Å². The minimum absolute atomic E-state index is 0.0196. The van der Waals surface area contributed by atoms with Gasteiger partial charge < -0.3 is 5.32 Å². The SMILES string of the molecule is CC[C@@H]1CCCCN1S(=O)(=O)c1cc(C(=O)Nc2cc(Cl)cc(Cl)c2)ccc1F. The molecule has 0 saturated carbocycles. The van der Waals surface area contributed by atoms with Gasteiger partial charge >= 0.3 is 0 Å². The van der Waals surface area contributed by atoms with Crippen LogP contribution >= 0.6 is 23.2 Å². The Morgan fingerprint density at radius 3 is 2.52 bits per heavy atom. The van der Waals surface area contributed by atoms with Gasteiger partial charge in [0.15, 0.2) is 0 Å². The molecule has 29 heavy (non-hydrogen) atoms. The molecule has 0 bridgehead atoms. The molecule has 2 aromatic rings. The molecule has 1 aliphatic heterocycles. The fourth-order valence-corrected chi connectivity index (χ4v) is 5.88. The summed E-state index contributed by atoms with van der Waals surface area (Å²) in [5, 5.41) is 3.28. The topological polar surface area (TPSA) is 66.5 Å². The van der Waals surface area contributed by atoms with E-state index in [2.05, 4.69) is 5.32 Å². The molecule has 1 amide bonds. The van der Waals surface area contributed by atoms with E-state index in [-0.39, 0.29) is 11.6 Å². The summed E-state index contributed by atoms with van der Waals surface area (Å²) in [6.45, 7) is 2.26. The average molecular weight is 459 g/mol. The average Bonchev–Trinajstić information content (AvgIpc) is 2.67. The van der Waals surface area contributed by atoms with E-state index in [1.54, 1.807) is 0 Å². The summed E-state index contributed by atoms with van der Waals surface area (Å²) < 4.78 is 42.1. The van der Waals surface area contributed by atoms with Crippen molar-refractivity contribution in [3.05, 3.63) is 57.8 Å². The third kappa shape index (κ3) is 4.91. The van der Waals surface area contributed by atoms with E-state index in [9.17, 15) is 17.6 Å². The molecular formula is C20H21Cl2FN2O3S. The first-order valence-electron chi connectivity index (χ1n) is 9.31. The molecule has 5 nitrogen and oxygen atoms in total. The first kappa shape index (κ1) is 22.0. The van der Waals surface area contributed by atoms with Crippen molar-refractivity contribution in [2.45, 2.75) is 43.5 Å². The molecular weight excluding hydrogens is 438 g/mol. The van der Waals surface area contributed by atoms with Crippen LogP contribution in [0.3, 0.4) is 0 Å². The van der Waals surface area contributed by atoms with Gasteiger partial charge in [0.05, 0.1) is 0 Å². The van der Waals surface area contributed by atoms with Crippen LogP contribution in [-0.4, -0.2) is 31.2 Å². The number of rotatable bonds is 5. The summed E-state index contributed by atoms with van der Waals surface area (Å²) >= 11 is 11.9. The zero-order chi connectivity index (χ0) is 21.2. The number of anilines is 1. The number of carbonyl (C=O) groups is 1. The van der Waals surface area contributed by atoms with Gasteiger partial charge in [0, 0.05) is 33.9 Å². The Labute approximate surface area is 179 Å². The second-order valence-corrected chi connectivity index (χ2v) is 9.66. The summed E-state index contributed by atoms with van der Waals surface area (Å²) in [7, 11) is -4.06. The Kier molecular flexibility index (Phi) is 6.83. The van der Waals surface area contributed by atoms with Crippen LogP contribution in [0.1, 0.15) is 43.0 Å². The standard InChI is InChI=1S/C20H21Cl2FN2O3S/c1-2-17-5-3-4-8-25(17)29(27,28)19-9-13(6-7-18(19)23)20(26)24-16-11-14(21)10-15(22)12-16/h6-7,9-12,17H,2-5,8H2,1H3,(H,24,26)/t17-/m1/s1. The molecule has 0 spiro atoms. The molecule has 0 aliphatic carbocycles. The van der Waals surface area contributed by atoms with Crippen molar-refractivity contribution in [2.75, 3.05) is 11.9 Å². The lowest BCUT2D eigenvalue weighted by molar-refractivity contribution is 0.102. The fourth-order valence-electron chi connectivity index (χ4n) is 3.50. The Bertz CT molecular complexity index is 1010. The smallest absolute Gasteiger partial charge is 0.255 e. The molecule has 2 aromatic carbocycles. The minimum atomic E-state index is -4.06. The minimum Gasteiger partial charge on any atom is -0.322 e. The van der Waals surface area contributed by atoms with Crippen LogP contribution < -0.4 is 5.32 Å². The third-order valence-corrected chi connectivity index (χ3v) is 7.35. The molecule has 0 radical (unpaired) electrons. The maximum Gasteiger partial charge on any atom is 0.255 e. The highest BCUT2D eigenvalue weighted by molar-refractivity contribution is 7.89. The van der Waals surface area contributed by atoms with E-state index in [0.717, 1.165) is 31.4 Å². The fraction of sp³-hybridized carbons (Fsp3) is 0.350. The normalized spacial score (nSPS) is 17.9. The Morgan fingerprint density at radius 2 is 1.86 bits per heavy atom. The van der Waals surface area contributed by atoms with Crippen molar-refractivity contribution in [2.24, 2.45) is 0 Å². The quantitative estimate of drug-likeness (QED) is 0.657. The number of hydrogen-bond acceptors (Lipinski definition) is 3. The van der Waals surface area contributed by atoms with Gasteiger partial charge in [0.25, 0.3) is 5.91 Å². The highest BCUT2D eigenvalue weighted by Crippen LogP contribution is 2.29. The first-order valence-corrected chi connectivity index (χ1v) is 11.5. The number of carbonyl (C=O) groups excluding carboxylic acids is 1. The van der Waals surface area contributed by atoms with Gasteiger partial charge in [-0.15, -0.1) is 0 Å². The van der Waals surface area contributed by atoms with Crippen LogP contribution in [0.2, 0.25) is 10.0 Å². The lowest BCUT2D eigenvalue weighted by Gasteiger charge is -2.34. The van der Waals surface area contributed by atoms with Crippen LogP contribution in [0, 0.1) is 5.82 Å². The molecule has 0 aromatic heterocycles. The van der Waals surface area contributed by atoms with Crippen LogP contribution in [0.5, 0.6) is 0 Å². The van der Waals surface area contributed by atoms with E-state index in [1.165, 1.54) is 28.6 Å². The third-order valence-electron chi connectivity index (χ3n) is 4.94. The number of piperidine rings is 1. The number of nitrogens with one attached hydrogen (secondary N) is 1. The van der Waals surface area contributed by atoms with Gasteiger partial charge in [0.1, 0.15) is 10.7 Å². The van der Waals surface area contributed by atoms with Gasteiger partial charge in [-0.05, 0) is 55.7 Å². The number of sulfonamides is 1. The number of hydrogen-bond donors (Lipinski definition) is 1. The van der Waals surface area contributed by atoms with Crippen molar-refractivity contribution >= 4 is 44.8 Å². The maximum absolute atomic E-state index is 14.5. The zero-order valence-corrected chi connectivity index (χ0v) is 18.1. The number of amides is 1. The molecule has 3 rings (SSSR count). The number of benzene rings is 2. The lowest BCUT2D eigenvalue weighted by atomic mass is 10.0. The van der Waals surface area contributed by atoms with Crippen molar-refractivity contribution in [3.63, 3.8) is 0 Å². The second-order valence-electron chi connectivity index (χ2n) is 6.93. The van der Waals surface area contributed by atoms with Gasteiger partial charge in [-0.1, -0.05) is 36.5 Å². The van der Waals surface area contributed by atoms with E-state index in [1.807, 2.05) is 6.92 Å². The summed E-state index contributed by atoms with van der Waals surface area (Å²) in [6.07, 6.45) is 3.06. The Hall–Kier alpha value is -1.67. The predicted molar refractivity (Wildman–Crippen MR) is 113 cm³/mol. The first-order chi connectivity index (χ1) is 13.7. The monoisotopic (exact) mass is 458 g/mol. The highest BCUT2D eigenvalue weighted by Gasteiger charge is 2.34. The van der Waals surface area contributed by atoms with E-state index in [4.69, 9.17) is 23.2 Å². The Balaban J connectivity index is 1.92. The highest BCUT2D eigenvalue weighted by atomic mass is 35.5. The molecule has 1 saturated heterocycles. The van der Waals surface area contributed by atoms with Crippen molar-refractivity contribution < 1.29 is 17.6 Å². The summed E-state index contributed by atoms with van der Waals surface area (Å²) in [5.41, 5.74) is 0.370. The van der Waals surface area contributed by atoms with Gasteiger partial charge in [-0.25, -0.2) is 12.8 Å². The molecule has 1 N–H and O–H groups in total. The molecule has 156 valence electrons. The van der Waals surface area contributed by atoms with Crippen LogP contribution in [-0.2, 0) is 10.0 Å². The largest absolute Gasteiger partial charge is 0.322 e. The Morgan fingerprint density at radius 1 is 1.17 bits per heavy atom.